The molecule has 0 radical (unpaired) electrons. The van der Waals surface area contributed by atoms with Gasteiger partial charge in [0, 0.05) is 11.4 Å². The van der Waals surface area contributed by atoms with Gasteiger partial charge in [0.15, 0.2) is 0 Å². The Morgan fingerprint density at radius 1 is 1.18 bits per heavy atom. The molecule has 1 aliphatic rings. The highest BCUT2D eigenvalue weighted by atomic mass is 35.5. The molecule has 3 rings (SSSR count). The zero-order valence-electron chi connectivity index (χ0n) is 17.5. The van der Waals surface area contributed by atoms with E-state index in [0.29, 0.717) is 11.4 Å². The molecular weight excluding hydrogens is 459 g/mol. The fraction of sp³-hybridized carbons (Fsp3) is 0.348. The van der Waals surface area contributed by atoms with E-state index in [2.05, 4.69) is 16.7 Å². The maximum absolute atomic E-state index is 12.3. The first-order valence-electron chi connectivity index (χ1n) is 10.2. The van der Waals surface area contributed by atoms with Crippen LogP contribution < -0.4 is 10.6 Å². The summed E-state index contributed by atoms with van der Waals surface area (Å²) < 4.78 is 31.7. The molecule has 176 valence electrons. The quantitative estimate of drug-likeness (QED) is 0.590. The van der Waals surface area contributed by atoms with Crippen LogP contribution in [0.2, 0.25) is 5.02 Å². The van der Waals surface area contributed by atoms with Crippen LogP contribution >= 0.6 is 11.6 Å². The first kappa shape index (κ1) is 26.2. The minimum atomic E-state index is -5.08. The molecule has 33 heavy (non-hydrogen) atoms. The molecule has 0 saturated carbocycles. The number of carboxylic acids is 1. The average Bonchev–Trinajstić information content (AvgIpc) is 2.79. The Labute approximate surface area is 194 Å². The second kappa shape index (κ2) is 12.2. The summed E-state index contributed by atoms with van der Waals surface area (Å²) in [7, 11) is 0. The normalized spacial score (nSPS) is 16.5. The molecule has 10 heteroatoms. The van der Waals surface area contributed by atoms with E-state index in [4.69, 9.17) is 21.5 Å². The van der Waals surface area contributed by atoms with Gasteiger partial charge in [-0.3, -0.25) is 4.79 Å². The molecule has 2 atom stereocenters. The lowest BCUT2D eigenvalue weighted by Crippen LogP contribution is -2.49. The van der Waals surface area contributed by atoms with Crippen LogP contribution in [0.1, 0.15) is 24.8 Å². The Morgan fingerprint density at radius 2 is 1.85 bits per heavy atom. The molecule has 2 aromatic carbocycles. The van der Waals surface area contributed by atoms with Crippen LogP contribution in [0.4, 0.5) is 13.2 Å². The highest BCUT2D eigenvalue weighted by Crippen LogP contribution is 2.23. The van der Waals surface area contributed by atoms with Crippen molar-refractivity contribution in [1.29, 1.82) is 5.26 Å². The van der Waals surface area contributed by atoms with Crippen LogP contribution in [0, 0.1) is 11.3 Å². The van der Waals surface area contributed by atoms with Crippen LogP contribution in [0.25, 0.3) is 11.1 Å². The highest BCUT2D eigenvalue weighted by Gasteiger charge is 2.38. The Bertz CT molecular complexity index is 985. The zero-order chi connectivity index (χ0) is 24.4. The lowest BCUT2D eigenvalue weighted by molar-refractivity contribution is -0.192. The Kier molecular flexibility index (Phi) is 9.70. The van der Waals surface area contributed by atoms with Gasteiger partial charge >= 0.3 is 12.1 Å². The van der Waals surface area contributed by atoms with Gasteiger partial charge in [-0.25, -0.2) is 4.79 Å². The third kappa shape index (κ3) is 8.75. The van der Waals surface area contributed by atoms with Gasteiger partial charge in [-0.1, -0.05) is 54.4 Å². The molecule has 0 aromatic heterocycles. The fourth-order valence-corrected chi connectivity index (χ4v) is 3.40. The number of nitriles is 1. The van der Waals surface area contributed by atoms with Crippen molar-refractivity contribution in [3.8, 4) is 17.2 Å². The standard InChI is InChI=1S/C21H22ClN3O.C2HF3O2/c22-18-5-3-4-17(13-18)16-9-7-15(8-10-16)12-19(14-23)25-21(26)20-6-1-2-11-24-20;3-2(4,5)1(6)7/h3-5,7-10,13,19-20,24H,1-2,6,11-12H2,(H,25,26);(H,6,7)/t19-,20-;/m0./s1. The minimum Gasteiger partial charge on any atom is -0.475 e. The Hall–Kier alpha value is -3.09. The number of nitrogens with zero attached hydrogens (tertiary/aromatic N) is 1. The molecule has 1 amide bonds. The zero-order valence-corrected chi connectivity index (χ0v) is 18.3. The molecule has 1 fully saturated rings. The van der Waals surface area contributed by atoms with Crippen LogP contribution in [0.3, 0.4) is 0 Å². The second-order valence-corrected chi connectivity index (χ2v) is 7.84. The van der Waals surface area contributed by atoms with Gasteiger partial charge in [0.1, 0.15) is 6.04 Å². The number of alkyl halides is 3. The number of benzene rings is 2. The third-order valence-electron chi connectivity index (χ3n) is 4.89. The van der Waals surface area contributed by atoms with Gasteiger partial charge in [0.25, 0.3) is 0 Å². The van der Waals surface area contributed by atoms with Gasteiger partial charge in [0.2, 0.25) is 5.91 Å². The van der Waals surface area contributed by atoms with Crippen LogP contribution in [0.5, 0.6) is 0 Å². The first-order chi connectivity index (χ1) is 15.6. The number of carbonyl (C=O) groups excluding carboxylic acids is 1. The monoisotopic (exact) mass is 481 g/mol. The van der Waals surface area contributed by atoms with E-state index in [9.17, 15) is 23.2 Å². The molecule has 6 nitrogen and oxygen atoms in total. The summed E-state index contributed by atoms with van der Waals surface area (Å²) in [6.45, 7) is 0.861. The van der Waals surface area contributed by atoms with E-state index < -0.39 is 18.2 Å². The van der Waals surface area contributed by atoms with Gasteiger partial charge in [-0.2, -0.15) is 18.4 Å². The van der Waals surface area contributed by atoms with Crippen molar-refractivity contribution in [2.45, 2.75) is 43.9 Å². The molecular formula is C23H23ClF3N3O3. The lowest BCUT2D eigenvalue weighted by atomic mass is 10.00. The number of piperidine rings is 1. The van der Waals surface area contributed by atoms with Crippen LogP contribution in [-0.2, 0) is 16.0 Å². The molecule has 0 spiro atoms. The maximum atomic E-state index is 12.3. The summed E-state index contributed by atoms with van der Waals surface area (Å²) in [4.78, 5) is 21.2. The number of rotatable bonds is 5. The average molecular weight is 482 g/mol. The molecule has 3 N–H and O–H groups in total. The molecule has 0 aliphatic carbocycles. The highest BCUT2D eigenvalue weighted by molar-refractivity contribution is 6.30. The van der Waals surface area contributed by atoms with E-state index in [0.717, 1.165) is 42.5 Å². The van der Waals surface area contributed by atoms with Crippen molar-refractivity contribution >= 4 is 23.5 Å². The summed E-state index contributed by atoms with van der Waals surface area (Å²) >= 11 is 6.04. The second-order valence-electron chi connectivity index (χ2n) is 7.41. The third-order valence-corrected chi connectivity index (χ3v) is 5.13. The smallest absolute Gasteiger partial charge is 0.475 e. The molecule has 0 unspecified atom stereocenters. The number of hydrogen-bond donors (Lipinski definition) is 3. The molecule has 1 aliphatic heterocycles. The summed E-state index contributed by atoms with van der Waals surface area (Å²) in [6, 6.07) is 17.2. The van der Waals surface area contributed by atoms with Crippen molar-refractivity contribution in [1.82, 2.24) is 10.6 Å². The maximum Gasteiger partial charge on any atom is 0.490 e. The largest absolute Gasteiger partial charge is 0.490 e. The van der Waals surface area contributed by atoms with Crippen molar-refractivity contribution in [2.24, 2.45) is 0 Å². The summed E-state index contributed by atoms with van der Waals surface area (Å²) in [5.74, 6) is -2.83. The van der Waals surface area contributed by atoms with Crippen LogP contribution in [-0.4, -0.2) is 41.8 Å². The van der Waals surface area contributed by atoms with E-state index in [1.165, 1.54) is 0 Å². The van der Waals surface area contributed by atoms with E-state index in [1.54, 1.807) is 0 Å². The van der Waals surface area contributed by atoms with Gasteiger partial charge in [0.05, 0.1) is 12.1 Å². The first-order valence-corrected chi connectivity index (χ1v) is 10.6. The van der Waals surface area contributed by atoms with Gasteiger partial charge in [-0.15, -0.1) is 0 Å². The predicted molar refractivity (Wildman–Crippen MR) is 117 cm³/mol. The number of aliphatic carboxylic acids is 1. The van der Waals surface area contributed by atoms with Gasteiger partial charge in [-0.05, 0) is 48.2 Å². The number of carboxylic acid groups (broad SMARTS) is 1. The SMILES string of the molecule is N#C[C@H](Cc1ccc(-c2cccc(Cl)c2)cc1)NC(=O)[C@@H]1CCCCN1.O=C(O)C(F)(F)F. The number of nitrogens with one attached hydrogen (secondary N) is 2. The minimum absolute atomic E-state index is 0.0770. The molecule has 0 bridgehead atoms. The van der Waals surface area contributed by atoms with E-state index in [1.807, 2.05) is 48.5 Å². The van der Waals surface area contributed by atoms with E-state index in [-0.39, 0.29) is 11.9 Å². The van der Waals surface area contributed by atoms with Gasteiger partial charge < -0.3 is 15.7 Å². The molecule has 1 heterocycles. The predicted octanol–water partition coefficient (Wildman–Crippen LogP) is 4.33. The fourth-order valence-electron chi connectivity index (χ4n) is 3.21. The van der Waals surface area contributed by atoms with E-state index >= 15 is 0 Å². The number of hydrogen-bond acceptors (Lipinski definition) is 4. The van der Waals surface area contributed by atoms with Crippen molar-refractivity contribution in [3.05, 3.63) is 59.1 Å². The van der Waals surface area contributed by atoms with Crippen molar-refractivity contribution in [2.75, 3.05) is 6.54 Å². The summed E-state index contributed by atoms with van der Waals surface area (Å²) in [5, 5.41) is 23.3. The molecule has 1 saturated heterocycles. The van der Waals surface area contributed by atoms with Crippen LogP contribution in [0.15, 0.2) is 48.5 Å². The lowest BCUT2D eigenvalue weighted by Gasteiger charge is -2.23. The van der Waals surface area contributed by atoms with Crippen molar-refractivity contribution < 1.29 is 27.9 Å². The number of halogens is 4. The topological polar surface area (TPSA) is 102 Å². The number of amides is 1. The molecule has 2 aromatic rings. The Morgan fingerprint density at radius 3 is 2.36 bits per heavy atom. The number of carbonyl (C=O) groups is 2. The summed E-state index contributed by atoms with van der Waals surface area (Å²) in [6.07, 6.45) is -1.61. The summed E-state index contributed by atoms with van der Waals surface area (Å²) in [5.41, 5.74) is 3.14. The Balaban J connectivity index is 0.000000479. The van der Waals surface area contributed by atoms with Crippen molar-refractivity contribution in [3.63, 3.8) is 0 Å².